The van der Waals surface area contributed by atoms with Crippen molar-refractivity contribution in [3.63, 3.8) is 0 Å². The van der Waals surface area contributed by atoms with Crippen LogP contribution < -0.4 is 5.32 Å². The number of aliphatic hydroxyl groups is 1. The van der Waals surface area contributed by atoms with Crippen LogP contribution in [0.5, 0.6) is 0 Å². The summed E-state index contributed by atoms with van der Waals surface area (Å²) < 4.78 is 11.3. The van der Waals surface area contributed by atoms with Gasteiger partial charge in [-0.05, 0) is 25.2 Å². The molecule has 4 nitrogen and oxygen atoms in total. The molecule has 124 valence electrons. The van der Waals surface area contributed by atoms with E-state index in [0.717, 1.165) is 26.0 Å². The average molecular weight is 299 g/mol. The van der Waals surface area contributed by atoms with E-state index in [9.17, 15) is 5.11 Å². The minimum atomic E-state index is -0.433. The summed E-state index contributed by atoms with van der Waals surface area (Å²) in [5.41, 5.74) is 0. The fraction of sp³-hybridized carbons (Fsp3) is 0.882. The third-order valence-corrected chi connectivity index (χ3v) is 4.14. The predicted octanol–water partition coefficient (Wildman–Crippen LogP) is 2.52. The Balaban J connectivity index is 2.00. The minimum Gasteiger partial charge on any atom is -0.389 e. The minimum absolute atomic E-state index is 0.348. The number of rotatable bonds is 12. The Labute approximate surface area is 129 Å². The van der Waals surface area contributed by atoms with E-state index in [4.69, 9.17) is 9.47 Å². The number of ether oxygens (including phenoxy) is 2. The Kier molecular flexibility index (Phi) is 10.8. The van der Waals surface area contributed by atoms with E-state index in [-0.39, 0.29) is 0 Å². The van der Waals surface area contributed by atoms with Gasteiger partial charge in [-0.25, -0.2) is 0 Å². The summed E-state index contributed by atoms with van der Waals surface area (Å²) in [6.07, 6.45) is 8.85. The van der Waals surface area contributed by atoms with Crippen molar-refractivity contribution >= 4 is 0 Å². The molecule has 2 N–H and O–H groups in total. The SMILES string of the molecule is C=CCCOCCNCC(O)COC1CCCCC1CC. The lowest BCUT2D eigenvalue weighted by Gasteiger charge is -2.31. The molecule has 0 saturated heterocycles. The van der Waals surface area contributed by atoms with Gasteiger partial charge >= 0.3 is 0 Å². The van der Waals surface area contributed by atoms with Crippen LogP contribution in [-0.2, 0) is 9.47 Å². The third kappa shape index (κ3) is 8.57. The monoisotopic (exact) mass is 299 g/mol. The first-order valence-electron chi connectivity index (χ1n) is 8.47. The zero-order valence-electron chi connectivity index (χ0n) is 13.6. The molecule has 1 rings (SSSR count). The number of hydrogen-bond acceptors (Lipinski definition) is 4. The standard InChI is InChI=1S/C17H33NO3/c1-3-5-11-20-12-10-18-13-16(19)14-21-17-9-7-6-8-15(17)4-2/h3,15-19H,1,4-14H2,2H3. The van der Waals surface area contributed by atoms with E-state index in [2.05, 4.69) is 18.8 Å². The van der Waals surface area contributed by atoms with E-state index < -0.39 is 6.10 Å². The molecule has 0 bridgehead atoms. The van der Waals surface area contributed by atoms with Crippen molar-refractivity contribution in [1.29, 1.82) is 0 Å². The zero-order chi connectivity index (χ0) is 15.3. The Morgan fingerprint density at radius 2 is 2.14 bits per heavy atom. The van der Waals surface area contributed by atoms with Crippen molar-refractivity contribution in [2.24, 2.45) is 5.92 Å². The van der Waals surface area contributed by atoms with E-state index in [0.29, 0.717) is 31.8 Å². The van der Waals surface area contributed by atoms with Crippen LogP contribution in [0.1, 0.15) is 45.4 Å². The summed E-state index contributed by atoms with van der Waals surface area (Å²) in [6.45, 7) is 9.03. The van der Waals surface area contributed by atoms with Crippen LogP contribution in [-0.4, -0.2) is 50.2 Å². The topological polar surface area (TPSA) is 50.7 Å². The third-order valence-electron chi connectivity index (χ3n) is 4.14. The van der Waals surface area contributed by atoms with Crippen LogP contribution in [0.15, 0.2) is 12.7 Å². The normalized spacial score (nSPS) is 23.9. The van der Waals surface area contributed by atoms with E-state index in [1.807, 2.05) is 6.08 Å². The second-order valence-corrected chi connectivity index (χ2v) is 5.87. The molecule has 0 aromatic heterocycles. The molecule has 0 spiro atoms. The quantitative estimate of drug-likeness (QED) is 0.429. The molecule has 3 unspecified atom stereocenters. The molecule has 3 atom stereocenters. The number of nitrogens with one attached hydrogen (secondary N) is 1. The Bertz CT molecular complexity index is 260. The van der Waals surface area contributed by atoms with Gasteiger partial charge in [-0.1, -0.05) is 32.3 Å². The van der Waals surface area contributed by atoms with E-state index >= 15 is 0 Å². The highest BCUT2D eigenvalue weighted by Crippen LogP contribution is 2.29. The highest BCUT2D eigenvalue weighted by molar-refractivity contribution is 4.75. The predicted molar refractivity (Wildman–Crippen MR) is 86.5 cm³/mol. The van der Waals surface area contributed by atoms with Crippen molar-refractivity contribution in [2.45, 2.75) is 57.7 Å². The van der Waals surface area contributed by atoms with Gasteiger partial charge in [0.15, 0.2) is 0 Å². The molecule has 1 fully saturated rings. The molecular weight excluding hydrogens is 266 g/mol. The zero-order valence-corrected chi connectivity index (χ0v) is 13.6. The molecule has 1 aliphatic carbocycles. The van der Waals surface area contributed by atoms with Crippen LogP contribution in [0.2, 0.25) is 0 Å². The highest BCUT2D eigenvalue weighted by atomic mass is 16.5. The molecule has 1 aliphatic rings. The van der Waals surface area contributed by atoms with Crippen LogP contribution >= 0.6 is 0 Å². The Hall–Kier alpha value is -0.420. The second kappa shape index (κ2) is 12.2. The van der Waals surface area contributed by atoms with Gasteiger partial charge in [0.25, 0.3) is 0 Å². The van der Waals surface area contributed by atoms with Gasteiger partial charge in [0, 0.05) is 13.1 Å². The summed E-state index contributed by atoms with van der Waals surface area (Å²) in [6, 6.07) is 0. The van der Waals surface area contributed by atoms with Crippen molar-refractivity contribution in [3.05, 3.63) is 12.7 Å². The highest BCUT2D eigenvalue weighted by Gasteiger charge is 2.24. The lowest BCUT2D eigenvalue weighted by Crippen LogP contribution is -2.36. The average Bonchev–Trinajstić information content (AvgIpc) is 2.52. The maximum atomic E-state index is 9.94. The number of hydrogen-bond donors (Lipinski definition) is 2. The summed E-state index contributed by atoms with van der Waals surface area (Å²) in [4.78, 5) is 0. The van der Waals surface area contributed by atoms with Gasteiger partial charge in [-0.15, -0.1) is 6.58 Å². The Morgan fingerprint density at radius 1 is 1.33 bits per heavy atom. The van der Waals surface area contributed by atoms with Gasteiger partial charge in [0.1, 0.15) is 0 Å². The van der Waals surface area contributed by atoms with E-state index in [1.54, 1.807) is 0 Å². The van der Waals surface area contributed by atoms with Crippen LogP contribution in [0.3, 0.4) is 0 Å². The summed E-state index contributed by atoms with van der Waals surface area (Å²) in [7, 11) is 0. The fourth-order valence-corrected chi connectivity index (χ4v) is 2.84. The molecule has 0 amide bonds. The smallest absolute Gasteiger partial charge is 0.0897 e. The van der Waals surface area contributed by atoms with Crippen LogP contribution in [0.4, 0.5) is 0 Å². The Morgan fingerprint density at radius 3 is 2.90 bits per heavy atom. The summed E-state index contributed by atoms with van der Waals surface area (Å²) in [5, 5.41) is 13.1. The lowest BCUT2D eigenvalue weighted by molar-refractivity contribution is -0.0500. The van der Waals surface area contributed by atoms with Crippen LogP contribution in [0, 0.1) is 5.92 Å². The molecule has 0 aromatic rings. The van der Waals surface area contributed by atoms with Gasteiger partial charge in [-0.2, -0.15) is 0 Å². The lowest BCUT2D eigenvalue weighted by atomic mass is 9.85. The van der Waals surface area contributed by atoms with Gasteiger partial charge in [0.05, 0.1) is 32.0 Å². The molecule has 0 aliphatic heterocycles. The molecular formula is C17H33NO3. The first-order chi connectivity index (χ1) is 10.3. The largest absolute Gasteiger partial charge is 0.389 e. The number of aliphatic hydroxyl groups excluding tert-OH is 1. The first kappa shape index (κ1) is 18.6. The summed E-state index contributed by atoms with van der Waals surface area (Å²) >= 11 is 0. The molecule has 0 heterocycles. The molecule has 21 heavy (non-hydrogen) atoms. The maximum absolute atomic E-state index is 9.94. The summed E-state index contributed by atoms with van der Waals surface area (Å²) in [5.74, 6) is 0.678. The van der Waals surface area contributed by atoms with Crippen LogP contribution in [0.25, 0.3) is 0 Å². The van der Waals surface area contributed by atoms with Crippen molar-refractivity contribution in [3.8, 4) is 0 Å². The molecule has 0 aromatic carbocycles. The van der Waals surface area contributed by atoms with Crippen molar-refractivity contribution in [1.82, 2.24) is 5.32 Å². The molecule has 0 radical (unpaired) electrons. The molecule has 4 heteroatoms. The van der Waals surface area contributed by atoms with Gasteiger partial charge in [-0.3, -0.25) is 0 Å². The maximum Gasteiger partial charge on any atom is 0.0897 e. The first-order valence-corrected chi connectivity index (χ1v) is 8.47. The van der Waals surface area contributed by atoms with Crippen molar-refractivity contribution < 1.29 is 14.6 Å². The van der Waals surface area contributed by atoms with Crippen molar-refractivity contribution in [2.75, 3.05) is 32.9 Å². The van der Waals surface area contributed by atoms with Gasteiger partial charge in [0.2, 0.25) is 0 Å². The fourth-order valence-electron chi connectivity index (χ4n) is 2.84. The van der Waals surface area contributed by atoms with E-state index in [1.165, 1.54) is 25.7 Å². The van der Waals surface area contributed by atoms with Gasteiger partial charge < -0.3 is 19.9 Å². The molecule has 1 saturated carbocycles. The second-order valence-electron chi connectivity index (χ2n) is 5.87.